The maximum Gasteiger partial charge on any atom is 0.165 e. The molecule has 1 unspecified atom stereocenters. The van der Waals surface area contributed by atoms with Gasteiger partial charge in [0.2, 0.25) is 0 Å². The Morgan fingerprint density at radius 3 is 3.00 bits per heavy atom. The van der Waals surface area contributed by atoms with Crippen LogP contribution in [0.15, 0.2) is 18.2 Å². The summed E-state index contributed by atoms with van der Waals surface area (Å²) >= 11 is 0. The number of ether oxygens (including phenoxy) is 1. The zero-order valence-electron chi connectivity index (χ0n) is 11.2. The lowest BCUT2D eigenvalue weighted by Crippen LogP contribution is -2.30. The summed E-state index contributed by atoms with van der Waals surface area (Å²) in [5, 5.41) is 3.38. The Bertz CT molecular complexity index is 440. The molecule has 2 rings (SSSR count). The van der Waals surface area contributed by atoms with Gasteiger partial charge in [0, 0.05) is 18.0 Å². The predicted molar refractivity (Wildman–Crippen MR) is 72.2 cm³/mol. The molecule has 0 bridgehead atoms. The molecule has 1 N–H and O–H groups in total. The van der Waals surface area contributed by atoms with E-state index in [0.717, 1.165) is 19.4 Å². The second-order valence-electron chi connectivity index (χ2n) is 4.98. The van der Waals surface area contributed by atoms with E-state index < -0.39 is 5.82 Å². The van der Waals surface area contributed by atoms with Crippen LogP contribution in [-0.4, -0.2) is 25.5 Å². The molecule has 1 aromatic rings. The van der Waals surface area contributed by atoms with Gasteiger partial charge in [0.05, 0.1) is 7.11 Å². The highest BCUT2D eigenvalue weighted by Crippen LogP contribution is 2.20. The summed E-state index contributed by atoms with van der Waals surface area (Å²) in [6.07, 6.45) is 4.99. The summed E-state index contributed by atoms with van der Waals surface area (Å²) in [4.78, 5) is 12.1. The van der Waals surface area contributed by atoms with Crippen molar-refractivity contribution in [3.8, 4) is 5.75 Å². The first-order chi connectivity index (χ1) is 9.20. The Kier molecular flexibility index (Phi) is 4.91. The van der Waals surface area contributed by atoms with Gasteiger partial charge in [-0.15, -0.1) is 0 Å². The number of methoxy groups -OCH3 is 1. The SMILES string of the molecule is COc1ccc(C(=O)CC2CCCCCN2)cc1F. The van der Waals surface area contributed by atoms with Crippen LogP contribution >= 0.6 is 0 Å². The Morgan fingerprint density at radius 2 is 2.26 bits per heavy atom. The van der Waals surface area contributed by atoms with Crippen molar-refractivity contribution in [3.63, 3.8) is 0 Å². The van der Waals surface area contributed by atoms with Crippen LogP contribution in [0.3, 0.4) is 0 Å². The van der Waals surface area contributed by atoms with Crippen molar-refractivity contribution in [2.24, 2.45) is 0 Å². The molecule has 1 aromatic carbocycles. The van der Waals surface area contributed by atoms with Crippen molar-refractivity contribution < 1.29 is 13.9 Å². The quantitative estimate of drug-likeness (QED) is 0.851. The molecule has 0 aromatic heterocycles. The molecule has 0 saturated carbocycles. The fourth-order valence-electron chi connectivity index (χ4n) is 2.46. The summed E-state index contributed by atoms with van der Waals surface area (Å²) in [5.74, 6) is -0.327. The molecular weight excluding hydrogens is 245 g/mol. The van der Waals surface area contributed by atoms with Crippen LogP contribution < -0.4 is 10.1 Å². The van der Waals surface area contributed by atoms with Gasteiger partial charge in [0.1, 0.15) is 0 Å². The van der Waals surface area contributed by atoms with Crippen LogP contribution in [0.1, 0.15) is 42.5 Å². The zero-order chi connectivity index (χ0) is 13.7. The molecule has 0 amide bonds. The van der Waals surface area contributed by atoms with E-state index in [1.165, 1.54) is 32.1 Å². The molecular formula is C15H20FNO2. The Hall–Kier alpha value is -1.42. The van der Waals surface area contributed by atoms with Gasteiger partial charge in [-0.3, -0.25) is 4.79 Å². The van der Waals surface area contributed by atoms with E-state index in [1.807, 2.05) is 0 Å². The lowest BCUT2D eigenvalue weighted by molar-refractivity contribution is 0.0967. The lowest BCUT2D eigenvalue weighted by atomic mass is 10.0. The van der Waals surface area contributed by atoms with Crippen molar-refractivity contribution in [1.29, 1.82) is 0 Å². The van der Waals surface area contributed by atoms with E-state index in [2.05, 4.69) is 5.32 Å². The first-order valence-corrected chi connectivity index (χ1v) is 6.81. The summed E-state index contributed by atoms with van der Waals surface area (Å²) in [6, 6.07) is 4.61. The molecule has 1 saturated heterocycles. The van der Waals surface area contributed by atoms with Crippen LogP contribution in [0.25, 0.3) is 0 Å². The summed E-state index contributed by atoms with van der Waals surface area (Å²) in [5.41, 5.74) is 0.421. The second kappa shape index (κ2) is 6.66. The minimum Gasteiger partial charge on any atom is -0.494 e. The van der Waals surface area contributed by atoms with E-state index >= 15 is 0 Å². The molecule has 0 spiro atoms. The van der Waals surface area contributed by atoms with Crippen molar-refractivity contribution in [3.05, 3.63) is 29.6 Å². The third-order valence-corrected chi connectivity index (χ3v) is 3.57. The number of rotatable bonds is 4. The fraction of sp³-hybridized carbons (Fsp3) is 0.533. The minimum atomic E-state index is -0.484. The van der Waals surface area contributed by atoms with Gasteiger partial charge in [-0.05, 0) is 37.6 Å². The highest BCUT2D eigenvalue weighted by molar-refractivity contribution is 5.96. The zero-order valence-corrected chi connectivity index (χ0v) is 11.2. The van der Waals surface area contributed by atoms with E-state index in [-0.39, 0.29) is 17.6 Å². The molecule has 1 fully saturated rings. The minimum absolute atomic E-state index is 0.0130. The van der Waals surface area contributed by atoms with Crippen molar-refractivity contribution >= 4 is 5.78 Å². The van der Waals surface area contributed by atoms with E-state index in [1.54, 1.807) is 6.07 Å². The number of carbonyl (C=O) groups is 1. The maximum absolute atomic E-state index is 13.6. The lowest BCUT2D eigenvalue weighted by Gasteiger charge is -2.14. The summed E-state index contributed by atoms with van der Waals surface area (Å²) in [7, 11) is 1.41. The van der Waals surface area contributed by atoms with Crippen LogP contribution in [-0.2, 0) is 0 Å². The third-order valence-electron chi connectivity index (χ3n) is 3.57. The average Bonchev–Trinajstić information content (AvgIpc) is 2.67. The maximum atomic E-state index is 13.6. The Morgan fingerprint density at radius 1 is 1.42 bits per heavy atom. The van der Waals surface area contributed by atoms with Gasteiger partial charge in [-0.25, -0.2) is 4.39 Å². The Balaban J connectivity index is 2.00. The fourth-order valence-corrected chi connectivity index (χ4v) is 2.46. The molecule has 19 heavy (non-hydrogen) atoms. The monoisotopic (exact) mass is 265 g/mol. The predicted octanol–water partition coefficient (Wildman–Crippen LogP) is 2.94. The van der Waals surface area contributed by atoms with Crippen LogP contribution in [0.2, 0.25) is 0 Å². The number of benzene rings is 1. The first-order valence-electron chi connectivity index (χ1n) is 6.81. The normalized spacial score (nSPS) is 19.8. The van der Waals surface area contributed by atoms with Crippen molar-refractivity contribution in [1.82, 2.24) is 5.32 Å². The van der Waals surface area contributed by atoms with Crippen molar-refractivity contribution in [2.75, 3.05) is 13.7 Å². The topological polar surface area (TPSA) is 38.3 Å². The van der Waals surface area contributed by atoms with Gasteiger partial charge in [-0.1, -0.05) is 12.8 Å². The number of hydrogen-bond donors (Lipinski definition) is 1. The third kappa shape index (κ3) is 3.77. The highest BCUT2D eigenvalue weighted by atomic mass is 19.1. The molecule has 1 heterocycles. The number of hydrogen-bond acceptors (Lipinski definition) is 3. The molecule has 1 aliphatic rings. The molecule has 104 valence electrons. The first kappa shape index (κ1) is 14.0. The molecule has 4 heteroatoms. The molecule has 3 nitrogen and oxygen atoms in total. The van der Waals surface area contributed by atoms with Gasteiger partial charge >= 0.3 is 0 Å². The smallest absolute Gasteiger partial charge is 0.165 e. The van der Waals surface area contributed by atoms with E-state index in [4.69, 9.17) is 4.74 Å². The molecule has 1 atom stereocenters. The summed E-state index contributed by atoms with van der Waals surface area (Å²) < 4.78 is 18.4. The van der Waals surface area contributed by atoms with Crippen LogP contribution in [0, 0.1) is 5.82 Å². The number of halogens is 1. The van der Waals surface area contributed by atoms with Gasteiger partial charge in [0.15, 0.2) is 17.3 Å². The Labute approximate surface area is 113 Å². The molecule has 1 aliphatic heterocycles. The highest BCUT2D eigenvalue weighted by Gasteiger charge is 2.17. The molecule has 0 aliphatic carbocycles. The van der Waals surface area contributed by atoms with E-state index in [0.29, 0.717) is 12.0 Å². The van der Waals surface area contributed by atoms with Crippen molar-refractivity contribution in [2.45, 2.75) is 38.1 Å². The largest absolute Gasteiger partial charge is 0.494 e. The number of ketones is 1. The number of Topliss-reactive ketones (excluding diaryl/α,β-unsaturated/α-hetero) is 1. The summed E-state index contributed by atoms with van der Waals surface area (Å²) in [6.45, 7) is 0.967. The second-order valence-corrected chi connectivity index (χ2v) is 4.98. The average molecular weight is 265 g/mol. The standard InChI is InChI=1S/C15H20FNO2/c1-19-15-7-6-11(9-13(15)16)14(18)10-12-5-3-2-4-8-17-12/h6-7,9,12,17H,2-5,8,10H2,1H3. The number of nitrogens with one attached hydrogen (secondary N) is 1. The van der Waals surface area contributed by atoms with Gasteiger partial charge < -0.3 is 10.1 Å². The van der Waals surface area contributed by atoms with Crippen LogP contribution in [0.5, 0.6) is 5.75 Å². The van der Waals surface area contributed by atoms with Gasteiger partial charge in [-0.2, -0.15) is 0 Å². The molecule has 0 radical (unpaired) electrons. The number of carbonyl (C=O) groups excluding carboxylic acids is 1. The van der Waals surface area contributed by atoms with E-state index in [9.17, 15) is 9.18 Å². The van der Waals surface area contributed by atoms with Crippen LogP contribution in [0.4, 0.5) is 4.39 Å². The van der Waals surface area contributed by atoms with Gasteiger partial charge in [0.25, 0.3) is 0 Å².